The van der Waals surface area contributed by atoms with Crippen LogP contribution in [0.3, 0.4) is 0 Å². The number of rotatable bonds is 10. The largest absolute Gasteiger partial charge is 0.504 e. The molecular formula is C30H34N2O6S. The molecule has 39 heavy (non-hydrogen) atoms. The van der Waals surface area contributed by atoms with Crippen molar-refractivity contribution in [1.82, 2.24) is 4.57 Å². The molecule has 0 saturated heterocycles. The minimum Gasteiger partial charge on any atom is -0.504 e. The minimum atomic E-state index is -0.706. The van der Waals surface area contributed by atoms with Gasteiger partial charge in [-0.25, -0.2) is 9.79 Å². The van der Waals surface area contributed by atoms with Crippen LogP contribution in [0.25, 0.3) is 6.08 Å². The average Bonchev–Trinajstić information content (AvgIpc) is 3.21. The molecule has 1 N–H and O–H groups in total. The lowest BCUT2D eigenvalue weighted by Crippen LogP contribution is -2.40. The molecule has 0 fully saturated rings. The predicted molar refractivity (Wildman–Crippen MR) is 151 cm³/mol. The van der Waals surface area contributed by atoms with Gasteiger partial charge in [0.25, 0.3) is 5.56 Å². The molecule has 206 valence electrons. The molecule has 0 spiro atoms. The SMILES string of the molecule is CCCOc1ccc(C2C(C(=O)OCC(C)C)=C(C)N=c3sc(=Cc4ccc(O)c(OCC)c4)c(=O)n32)cc1. The smallest absolute Gasteiger partial charge is 0.338 e. The summed E-state index contributed by atoms with van der Waals surface area (Å²) in [5.74, 6) is 0.761. The number of aromatic hydroxyl groups is 1. The highest BCUT2D eigenvalue weighted by atomic mass is 32.1. The molecule has 1 aromatic heterocycles. The molecule has 9 heteroatoms. The number of phenols is 1. The van der Waals surface area contributed by atoms with Gasteiger partial charge < -0.3 is 19.3 Å². The number of fused-ring (bicyclic) bond motifs is 1. The number of nitrogens with zero attached hydrogens (tertiary/aromatic N) is 2. The van der Waals surface area contributed by atoms with Gasteiger partial charge in [-0.3, -0.25) is 9.36 Å². The Morgan fingerprint density at radius 3 is 2.56 bits per heavy atom. The highest BCUT2D eigenvalue weighted by Crippen LogP contribution is 2.32. The van der Waals surface area contributed by atoms with Gasteiger partial charge in [0.05, 0.1) is 41.7 Å². The first kappa shape index (κ1) is 28.2. The second-order valence-electron chi connectivity index (χ2n) is 9.65. The van der Waals surface area contributed by atoms with E-state index < -0.39 is 12.0 Å². The molecule has 2 aromatic carbocycles. The maximum atomic E-state index is 13.8. The third-order valence-electron chi connectivity index (χ3n) is 6.04. The summed E-state index contributed by atoms with van der Waals surface area (Å²) < 4.78 is 18.8. The lowest BCUT2D eigenvalue weighted by atomic mass is 9.96. The number of ether oxygens (including phenoxy) is 3. The Kier molecular flexibility index (Phi) is 8.91. The van der Waals surface area contributed by atoms with E-state index >= 15 is 0 Å². The fraction of sp³-hybridized carbons (Fsp3) is 0.367. The molecule has 0 amide bonds. The summed E-state index contributed by atoms with van der Waals surface area (Å²) in [6.07, 6.45) is 2.63. The number of carbonyl (C=O) groups excluding carboxylic acids is 1. The third kappa shape index (κ3) is 6.25. The second kappa shape index (κ2) is 12.3. The maximum absolute atomic E-state index is 13.8. The monoisotopic (exact) mass is 550 g/mol. The van der Waals surface area contributed by atoms with E-state index in [9.17, 15) is 14.7 Å². The molecule has 1 aliphatic rings. The van der Waals surface area contributed by atoms with Crippen molar-refractivity contribution >= 4 is 23.4 Å². The van der Waals surface area contributed by atoms with E-state index in [0.29, 0.717) is 45.1 Å². The molecule has 8 nitrogen and oxygen atoms in total. The van der Waals surface area contributed by atoms with Crippen LogP contribution in [0.5, 0.6) is 17.2 Å². The Labute approximate surface area is 231 Å². The number of hydrogen-bond donors (Lipinski definition) is 1. The highest BCUT2D eigenvalue weighted by molar-refractivity contribution is 7.07. The second-order valence-corrected chi connectivity index (χ2v) is 10.7. The van der Waals surface area contributed by atoms with Gasteiger partial charge in [0.1, 0.15) is 5.75 Å². The molecule has 3 aromatic rings. The van der Waals surface area contributed by atoms with Crippen LogP contribution in [0.15, 0.2) is 63.5 Å². The molecule has 0 saturated carbocycles. The van der Waals surface area contributed by atoms with Crippen LogP contribution in [0.2, 0.25) is 0 Å². The number of carbonyl (C=O) groups is 1. The standard InChI is InChI=1S/C30H34N2O6S/c1-6-14-37-22-11-9-21(10-12-22)27-26(29(35)38-17-18(3)4)19(5)31-30-32(27)28(34)25(39-30)16-20-8-13-23(33)24(15-20)36-7-2/h8-13,15-16,18,27,33H,6-7,14,17H2,1-5H3. The van der Waals surface area contributed by atoms with Crippen LogP contribution in [0.1, 0.15) is 58.2 Å². The zero-order chi connectivity index (χ0) is 28.1. The van der Waals surface area contributed by atoms with Crippen molar-refractivity contribution in [2.75, 3.05) is 19.8 Å². The summed E-state index contributed by atoms with van der Waals surface area (Å²) in [6.45, 7) is 10.8. The Bertz CT molecular complexity index is 1550. The van der Waals surface area contributed by atoms with Gasteiger partial charge in [-0.15, -0.1) is 0 Å². The summed E-state index contributed by atoms with van der Waals surface area (Å²) in [6, 6.07) is 11.7. The first-order chi connectivity index (χ1) is 18.7. The van der Waals surface area contributed by atoms with Crippen molar-refractivity contribution in [3.8, 4) is 17.2 Å². The van der Waals surface area contributed by atoms with Gasteiger partial charge >= 0.3 is 5.97 Å². The number of esters is 1. The Morgan fingerprint density at radius 2 is 1.90 bits per heavy atom. The quantitative estimate of drug-likeness (QED) is 0.378. The van der Waals surface area contributed by atoms with Crippen LogP contribution < -0.4 is 24.4 Å². The topological polar surface area (TPSA) is 99.4 Å². The lowest BCUT2D eigenvalue weighted by Gasteiger charge is -2.25. The van der Waals surface area contributed by atoms with Crippen molar-refractivity contribution in [1.29, 1.82) is 0 Å². The highest BCUT2D eigenvalue weighted by Gasteiger charge is 2.33. The average molecular weight is 551 g/mol. The van der Waals surface area contributed by atoms with E-state index in [4.69, 9.17) is 14.2 Å². The van der Waals surface area contributed by atoms with Gasteiger partial charge in [-0.2, -0.15) is 0 Å². The van der Waals surface area contributed by atoms with Crippen molar-refractivity contribution < 1.29 is 24.1 Å². The molecule has 1 atom stereocenters. The number of aromatic nitrogens is 1. The zero-order valence-electron chi connectivity index (χ0n) is 22.9. The lowest BCUT2D eigenvalue weighted by molar-refractivity contribution is -0.140. The molecule has 0 aliphatic carbocycles. The zero-order valence-corrected chi connectivity index (χ0v) is 23.7. The van der Waals surface area contributed by atoms with E-state index in [1.54, 1.807) is 29.7 Å². The summed E-state index contributed by atoms with van der Waals surface area (Å²) in [5.41, 5.74) is 2.02. The summed E-state index contributed by atoms with van der Waals surface area (Å²) in [7, 11) is 0. The Morgan fingerprint density at radius 1 is 1.15 bits per heavy atom. The number of benzene rings is 2. The summed E-state index contributed by atoms with van der Waals surface area (Å²) >= 11 is 1.24. The van der Waals surface area contributed by atoms with E-state index in [-0.39, 0.29) is 23.8 Å². The van der Waals surface area contributed by atoms with E-state index in [0.717, 1.165) is 17.7 Å². The number of thiazole rings is 1. The van der Waals surface area contributed by atoms with E-state index in [2.05, 4.69) is 4.99 Å². The van der Waals surface area contributed by atoms with Gasteiger partial charge in [0.2, 0.25) is 0 Å². The fourth-order valence-corrected chi connectivity index (χ4v) is 5.27. The van der Waals surface area contributed by atoms with Crippen LogP contribution in [0, 0.1) is 5.92 Å². The minimum absolute atomic E-state index is 0.0296. The van der Waals surface area contributed by atoms with Gasteiger partial charge in [0, 0.05) is 0 Å². The van der Waals surface area contributed by atoms with Crippen molar-refractivity contribution in [2.45, 2.75) is 47.1 Å². The number of hydrogen-bond acceptors (Lipinski definition) is 8. The molecule has 0 bridgehead atoms. The first-order valence-corrected chi connectivity index (χ1v) is 13.9. The van der Waals surface area contributed by atoms with Crippen molar-refractivity contribution in [3.63, 3.8) is 0 Å². The molecule has 2 heterocycles. The van der Waals surface area contributed by atoms with Crippen LogP contribution in [-0.4, -0.2) is 35.5 Å². The molecule has 4 rings (SSSR count). The number of phenolic OH excluding ortho intramolecular Hbond substituents is 1. The van der Waals surface area contributed by atoms with Gasteiger partial charge in [0.15, 0.2) is 16.3 Å². The predicted octanol–water partition coefficient (Wildman–Crippen LogP) is 4.33. The third-order valence-corrected chi connectivity index (χ3v) is 7.02. The molecule has 1 unspecified atom stereocenters. The number of allylic oxidation sites excluding steroid dienone is 1. The van der Waals surface area contributed by atoms with Gasteiger partial charge in [-0.1, -0.05) is 50.3 Å². The Hall–Kier alpha value is -3.85. The van der Waals surface area contributed by atoms with Crippen LogP contribution in [0.4, 0.5) is 0 Å². The normalized spacial score (nSPS) is 15.2. The van der Waals surface area contributed by atoms with Crippen LogP contribution in [-0.2, 0) is 9.53 Å². The van der Waals surface area contributed by atoms with E-state index in [1.807, 2.05) is 52.0 Å². The molecular weight excluding hydrogens is 516 g/mol. The molecule has 1 aliphatic heterocycles. The Balaban J connectivity index is 1.84. The summed E-state index contributed by atoms with van der Waals surface area (Å²) in [5, 5.41) is 10.1. The fourth-order valence-electron chi connectivity index (χ4n) is 4.23. The molecule has 0 radical (unpaired) electrons. The van der Waals surface area contributed by atoms with Crippen molar-refractivity contribution in [2.24, 2.45) is 10.9 Å². The van der Waals surface area contributed by atoms with Gasteiger partial charge in [-0.05, 0) is 67.7 Å². The van der Waals surface area contributed by atoms with Crippen molar-refractivity contribution in [3.05, 3.63) is 84.5 Å². The van der Waals surface area contributed by atoms with E-state index in [1.165, 1.54) is 17.4 Å². The summed E-state index contributed by atoms with van der Waals surface area (Å²) in [4.78, 5) is 32.3. The van der Waals surface area contributed by atoms with Crippen LogP contribution >= 0.6 is 11.3 Å². The maximum Gasteiger partial charge on any atom is 0.338 e. The first-order valence-electron chi connectivity index (χ1n) is 13.1.